The fourth-order valence-corrected chi connectivity index (χ4v) is 2.74. The maximum Gasteiger partial charge on any atom is 0.0794 e. The fourth-order valence-electron chi connectivity index (χ4n) is 1.59. The summed E-state index contributed by atoms with van der Waals surface area (Å²) in [7, 11) is 0. The number of halogens is 2. The van der Waals surface area contributed by atoms with Crippen molar-refractivity contribution >= 4 is 34.5 Å². The van der Waals surface area contributed by atoms with Gasteiger partial charge in [-0.05, 0) is 17.7 Å². The topological polar surface area (TPSA) is 33.1 Å². The van der Waals surface area contributed by atoms with Crippen molar-refractivity contribution in [3.63, 3.8) is 0 Å². The van der Waals surface area contributed by atoms with Crippen LogP contribution in [0.3, 0.4) is 0 Å². The summed E-state index contributed by atoms with van der Waals surface area (Å²) >= 11 is 13.4. The normalized spacial score (nSPS) is 12.6. The highest BCUT2D eigenvalue weighted by Gasteiger charge is 2.10. The second-order valence-electron chi connectivity index (χ2n) is 3.77. The third-order valence-electron chi connectivity index (χ3n) is 2.39. The maximum atomic E-state index is 9.96. The first kappa shape index (κ1) is 12.8. The first-order chi connectivity index (χ1) is 8.15. The zero-order valence-electron chi connectivity index (χ0n) is 8.94. The van der Waals surface area contributed by atoms with E-state index in [-0.39, 0.29) is 0 Å². The van der Waals surface area contributed by atoms with Gasteiger partial charge in [-0.25, -0.2) is 0 Å². The van der Waals surface area contributed by atoms with Crippen LogP contribution in [0, 0.1) is 0 Å². The Labute approximate surface area is 114 Å². The molecule has 1 N–H and O–H groups in total. The Morgan fingerprint density at radius 1 is 1.29 bits per heavy atom. The van der Waals surface area contributed by atoms with Crippen molar-refractivity contribution in [2.75, 3.05) is 0 Å². The first-order valence-electron chi connectivity index (χ1n) is 5.14. The molecule has 0 aliphatic rings. The van der Waals surface area contributed by atoms with E-state index in [0.717, 1.165) is 10.4 Å². The molecule has 2 nitrogen and oxygen atoms in total. The van der Waals surface area contributed by atoms with E-state index in [1.807, 2.05) is 6.07 Å². The molecule has 0 spiro atoms. The van der Waals surface area contributed by atoms with Gasteiger partial charge in [0, 0.05) is 34.0 Å². The molecule has 5 heteroatoms. The van der Waals surface area contributed by atoms with Gasteiger partial charge >= 0.3 is 0 Å². The lowest BCUT2D eigenvalue weighted by molar-refractivity contribution is 0.176. The summed E-state index contributed by atoms with van der Waals surface area (Å²) in [6.45, 7) is 0. The molecule has 0 radical (unpaired) electrons. The van der Waals surface area contributed by atoms with Crippen molar-refractivity contribution in [1.82, 2.24) is 4.98 Å². The van der Waals surface area contributed by atoms with E-state index in [9.17, 15) is 5.11 Å². The Bertz CT molecular complexity index is 487. The van der Waals surface area contributed by atoms with E-state index in [0.29, 0.717) is 22.9 Å². The summed E-state index contributed by atoms with van der Waals surface area (Å²) in [6.07, 6.45) is 2.45. The molecule has 2 rings (SSSR count). The maximum absolute atomic E-state index is 9.96. The Balaban J connectivity index is 2.00. The molecule has 1 unspecified atom stereocenters. The van der Waals surface area contributed by atoms with Crippen LogP contribution >= 0.6 is 34.5 Å². The Morgan fingerprint density at radius 2 is 2.12 bits per heavy atom. The van der Waals surface area contributed by atoms with E-state index in [4.69, 9.17) is 23.2 Å². The van der Waals surface area contributed by atoms with Crippen LogP contribution in [-0.2, 0) is 12.8 Å². The van der Waals surface area contributed by atoms with Gasteiger partial charge in [-0.1, -0.05) is 29.3 Å². The van der Waals surface area contributed by atoms with Gasteiger partial charge < -0.3 is 5.11 Å². The molecule has 0 aliphatic carbocycles. The largest absolute Gasteiger partial charge is 0.392 e. The highest BCUT2D eigenvalue weighted by atomic mass is 35.5. The van der Waals surface area contributed by atoms with Crippen molar-refractivity contribution in [2.24, 2.45) is 0 Å². The quantitative estimate of drug-likeness (QED) is 0.932. The van der Waals surface area contributed by atoms with Crippen LogP contribution in [-0.4, -0.2) is 16.2 Å². The zero-order chi connectivity index (χ0) is 12.3. The fraction of sp³-hybridized carbons (Fsp3) is 0.250. The van der Waals surface area contributed by atoms with Gasteiger partial charge in [-0.2, -0.15) is 0 Å². The molecule has 2 aromatic rings. The third kappa shape index (κ3) is 3.68. The Morgan fingerprint density at radius 3 is 2.76 bits per heavy atom. The summed E-state index contributed by atoms with van der Waals surface area (Å²) in [6, 6.07) is 5.32. The number of benzene rings is 1. The summed E-state index contributed by atoms with van der Waals surface area (Å²) in [5, 5.41) is 11.2. The minimum atomic E-state index is -0.450. The highest BCUT2D eigenvalue weighted by Crippen LogP contribution is 2.23. The van der Waals surface area contributed by atoms with Gasteiger partial charge in [0.2, 0.25) is 0 Å². The molecule has 0 aliphatic heterocycles. The van der Waals surface area contributed by atoms with E-state index in [1.165, 1.54) is 0 Å². The third-order valence-corrected chi connectivity index (χ3v) is 3.78. The number of hydrogen-bond acceptors (Lipinski definition) is 3. The van der Waals surface area contributed by atoms with Crippen LogP contribution in [0.4, 0.5) is 0 Å². The molecular weight excluding hydrogens is 277 g/mol. The molecule has 17 heavy (non-hydrogen) atoms. The lowest BCUT2D eigenvalue weighted by atomic mass is 10.1. The van der Waals surface area contributed by atoms with Crippen molar-refractivity contribution in [3.05, 3.63) is 50.4 Å². The van der Waals surface area contributed by atoms with Gasteiger partial charge in [0.1, 0.15) is 0 Å². The van der Waals surface area contributed by atoms with Crippen LogP contribution in [0.5, 0.6) is 0 Å². The molecule has 0 fully saturated rings. The monoisotopic (exact) mass is 287 g/mol. The van der Waals surface area contributed by atoms with E-state index < -0.39 is 6.10 Å². The minimum Gasteiger partial charge on any atom is -0.392 e. The summed E-state index contributed by atoms with van der Waals surface area (Å²) < 4.78 is 0. The standard InChI is InChI=1S/C12H11Cl2NOS/c13-9-2-1-8(12(14)4-9)3-10(16)5-11-6-15-7-17-11/h1-2,4,6-7,10,16H,3,5H2. The zero-order valence-corrected chi connectivity index (χ0v) is 11.3. The average Bonchev–Trinajstić information content (AvgIpc) is 2.75. The number of aliphatic hydroxyl groups is 1. The molecule has 1 atom stereocenters. The van der Waals surface area contributed by atoms with Gasteiger partial charge in [0.15, 0.2) is 0 Å². The van der Waals surface area contributed by atoms with E-state index >= 15 is 0 Å². The molecule has 0 amide bonds. The van der Waals surface area contributed by atoms with Crippen LogP contribution in [0.2, 0.25) is 10.0 Å². The van der Waals surface area contributed by atoms with Gasteiger partial charge in [0.05, 0.1) is 11.6 Å². The molecule has 1 heterocycles. The number of rotatable bonds is 4. The molecule has 0 bridgehead atoms. The molecule has 1 aromatic carbocycles. The Hall–Kier alpha value is -0.610. The van der Waals surface area contributed by atoms with Gasteiger partial charge in [-0.3, -0.25) is 4.98 Å². The van der Waals surface area contributed by atoms with E-state index in [1.54, 1.807) is 35.2 Å². The second kappa shape index (κ2) is 5.83. The van der Waals surface area contributed by atoms with Crippen molar-refractivity contribution in [3.8, 4) is 0 Å². The lowest BCUT2D eigenvalue weighted by Crippen LogP contribution is -2.13. The number of aromatic nitrogens is 1. The molecular formula is C12H11Cl2NOS. The second-order valence-corrected chi connectivity index (χ2v) is 5.58. The number of nitrogens with zero attached hydrogens (tertiary/aromatic N) is 1. The van der Waals surface area contributed by atoms with Gasteiger partial charge in [-0.15, -0.1) is 11.3 Å². The number of thiazole rings is 1. The lowest BCUT2D eigenvalue weighted by Gasteiger charge is -2.10. The van der Waals surface area contributed by atoms with Crippen LogP contribution < -0.4 is 0 Å². The van der Waals surface area contributed by atoms with Crippen molar-refractivity contribution < 1.29 is 5.11 Å². The Kier molecular flexibility index (Phi) is 4.40. The van der Waals surface area contributed by atoms with Crippen LogP contribution in [0.25, 0.3) is 0 Å². The van der Waals surface area contributed by atoms with Crippen molar-refractivity contribution in [2.45, 2.75) is 18.9 Å². The average molecular weight is 288 g/mol. The minimum absolute atomic E-state index is 0.450. The van der Waals surface area contributed by atoms with Crippen LogP contribution in [0.1, 0.15) is 10.4 Å². The number of hydrogen-bond donors (Lipinski definition) is 1. The van der Waals surface area contributed by atoms with E-state index in [2.05, 4.69) is 4.98 Å². The van der Waals surface area contributed by atoms with Gasteiger partial charge in [0.25, 0.3) is 0 Å². The molecule has 1 aromatic heterocycles. The molecule has 0 saturated heterocycles. The number of aliphatic hydroxyl groups excluding tert-OH is 1. The smallest absolute Gasteiger partial charge is 0.0794 e. The SMILES string of the molecule is OC(Cc1cncs1)Cc1ccc(Cl)cc1Cl. The predicted molar refractivity (Wildman–Crippen MR) is 72.0 cm³/mol. The highest BCUT2D eigenvalue weighted by molar-refractivity contribution is 7.09. The van der Waals surface area contributed by atoms with Crippen LogP contribution in [0.15, 0.2) is 29.9 Å². The summed E-state index contributed by atoms with van der Waals surface area (Å²) in [5.41, 5.74) is 2.67. The molecule has 0 saturated carbocycles. The van der Waals surface area contributed by atoms with Crippen molar-refractivity contribution in [1.29, 1.82) is 0 Å². The molecule has 90 valence electrons. The predicted octanol–water partition coefficient (Wildman–Crippen LogP) is 3.60. The summed E-state index contributed by atoms with van der Waals surface area (Å²) in [4.78, 5) is 5.05. The summed E-state index contributed by atoms with van der Waals surface area (Å²) in [5.74, 6) is 0. The first-order valence-corrected chi connectivity index (χ1v) is 6.78.